The maximum absolute atomic E-state index is 11.0. The van der Waals surface area contributed by atoms with Crippen molar-refractivity contribution in [2.45, 2.75) is 25.6 Å². The predicted molar refractivity (Wildman–Crippen MR) is 77.3 cm³/mol. The Morgan fingerprint density at radius 2 is 1.79 bits per heavy atom. The van der Waals surface area contributed by atoms with E-state index in [1.165, 1.54) is 0 Å². The lowest BCUT2D eigenvalue weighted by molar-refractivity contribution is -0.00688. The number of benzene rings is 1. The molecule has 0 bridgehead atoms. The molecule has 0 aliphatic carbocycles. The molecular formula is C12H15IN2O4. The first-order chi connectivity index (χ1) is 8.95. The van der Waals surface area contributed by atoms with E-state index in [-0.39, 0.29) is 0 Å². The number of halogens is 1. The fourth-order valence-corrected chi connectivity index (χ4v) is 2.37. The summed E-state index contributed by atoms with van der Waals surface area (Å²) in [6.07, 6.45) is -2.87. The molecule has 0 radical (unpaired) electrons. The summed E-state index contributed by atoms with van der Waals surface area (Å²) in [7, 11) is 0. The second kappa shape index (κ2) is 7.17. The van der Waals surface area contributed by atoms with Crippen LogP contribution in [0.1, 0.15) is 25.0 Å². The van der Waals surface area contributed by atoms with Crippen LogP contribution in [0.5, 0.6) is 0 Å². The van der Waals surface area contributed by atoms with E-state index in [0.717, 1.165) is 9.13 Å². The van der Waals surface area contributed by atoms with Gasteiger partial charge in [-0.1, -0.05) is 25.1 Å². The number of ether oxygens (including phenoxy) is 2. The van der Waals surface area contributed by atoms with Gasteiger partial charge in [-0.25, -0.2) is 9.59 Å². The van der Waals surface area contributed by atoms with E-state index in [1.54, 1.807) is 19.1 Å². The van der Waals surface area contributed by atoms with E-state index in [1.807, 2.05) is 12.1 Å². The molecule has 0 aliphatic heterocycles. The monoisotopic (exact) mass is 378 g/mol. The first kappa shape index (κ1) is 15.5. The fraction of sp³-hybridized carbons (Fsp3) is 0.333. The van der Waals surface area contributed by atoms with Crippen molar-refractivity contribution < 1.29 is 19.1 Å². The van der Waals surface area contributed by atoms with Crippen molar-refractivity contribution in [2.24, 2.45) is 11.5 Å². The summed E-state index contributed by atoms with van der Waals surface area (Å²) in [5, 5.41) is 0. The van der Waals surface area contributed by atoms with Gasteiger partial charge in [-0.05, 0) is 35.1 Å². The molecule has 19 heavy (non-hydrogen) atoms. The van der Waals surface area contributed by atoms with Gasteiger partial charge in [-0.15, -0.1) is 0 Å². The maximum atomic E-state index is 11.0. The van der Waals surface area contributed by atoms with Crippen LogP contribution in [-0.2, 0) is 9.47 Å². The van der Waals surface area contributed by atoms with Crippen LogP contribution in [0, 0.1) is 3.57 Å². The van der Waals surface area contributed by atoms with Gasteiger partial charge >= 0.3 is 12.2 Å². The fourth-order valence-electron chi connectivity index (χ4n) is 1.68. The van der Waals surface area contributed by atoms with E-state index >= 15 is 0 Å². The third-order valence-electron chi connectivity index (χ3n) is 2.46. The SMILES string of the molecule is CC[C@H](OC(N)=O)[C@@H](OC(N)=O)c1ccccc1I. The molecule has 4 N–H and O–H groups in total. The number of primary amides is 2. The van der Waals surface area contributed by atoms with Crippen molar-refractivity contribution in [2.75, 3.05) is 0 Å². The molecule has 0 spiro atoms. The Hall–Kier alpha value is -1.51. The average molecular weight is 378 g/mol. The summed E-state index contributed by atoms with van der Waals surface area (Å²) in [6.45, 7) is 1.79. The molecule has 104 valence electrons. The number of nitrogens with two attached hydrogens (primary N) is 2. The first-order valence-corrected chi connectivity index (χ1v) is 6.70. The largest absolute Gasteiger partial charge is 0.442 e. The molecule has 2 amide bonds. The zero-order chi connectivity index (χ0) is 14.4. The van der Waals surface area contributed by atoms with E-state index in [2.05, 4.69) is 22.6 Å². The minimum atomic E-state index is -0.934. The standard InChI is InChI=1S/C12H15IN2O4/c1-2-9(18-11(14)16)10(19-12(15)17)7-5-3-4-6-8(7)13/h3-6,9-10H,2H2,1H3,(H2,14,16)(H2,15,17)/t9-,10-/m0/s1. The maximum Gasteiger partial charge on any atom is 0.405 e. The number of rotatable bonds is 5. The lowest BCUT2D eigenvalue weighted by atomic mass is 10.0. The normalized spacial score (nSPS) is 13.4. The van der Waals surface area contributed by atoms with Crippen molar-refractivity contribution in [1.82, 2.24) is 0 Å². The van der Waals surface area contributed by atoms with Crippen molar-refractivity contribution in [3.63, 3.8) is 0 Å². The van der Waals surface area contributed by atoms with E-state index < -0.39 is 24.4 Å². The quantitative estimate of drug-likeness (QED) is 0.767. The van der Waals surface area contributed by atoms with Crippen molar-refractivity contribution in [3.8, 4) is 0 Å². The number of amides is 2. The molecule has 0 unspecified atom stereocenters. The molecule has 0 saturated heterocycles. The number of carbonyl (C=O) groups excluding carboxylic acids is 2. The smallest absolute Gasteiger partial charge is 0.405 e. The van der Waals surface area contributed by atoms with Gasteiger partial charge in [-0.3, -0.25) is 0 Å². The molecule has 6 nitrogen and oxygen atoms in total. The van der Waals surface area contributed by atoms with Gasteiger partial charge in [0.2, 0.25) is 0 Å². The Morgan fingerprint density at radius 1 is 1.21 bits per heavy atom. The van der Waals surface area contributed by atoms with Crippen molar-refractivity contribution in [3.05, 3.63) is 33.4 Å². The van der Waals surface area contributed by atoms with Crippen LogP contribution in [0.2, 0.25) is 0 Å². The van der Waals surface area contributed by atoms with E-state index in [0.29, 0.717) is 6.42 Å². The summed E-state index contributed by atoms with van der Waals surface area (Å²) in [4.78, 5) is 21.9. The minimum absolute atomic E-state index is 0.436. The Morgan fingerprint density at radius 3 is 2.26 bits per heavy atom. The molecule has 1 aromatic carbocycles. The highest BCUT2D eigenvalue weighted by molar-refractivity contribution is 14.1. The van der Waals surface area contributed by atoms with Crippen LogP contribution in [0.4, 0.5) is 9.59 Å². The first-order valence-electron chi connectivity index (χ1n) is 5.62. The van der Waals surface area contributed by atoms with Gasteiger partial charge in [0.05, 0.1) is 0 Å². The average Bonchev–Trinajstić information content (AvgIpc) is 2.34. The van der Waals surface area contributed by atoms with Crippen molar-refractivity contribution >= 4 is 34.8 Å². The predicted octanol–water partition coefficient (Wildman–Crippen LogP) is 2.30. The molecule has 1 rings (SSSR count). The van der Waals surface area contributed by atoms with Crippen LogP contribution in [0.25, 0.3) is 0 Å². The second-order valence-electron chi connectivity index (χ2n) is 3.76. The third kappa shape index (κ3) is 4.58. The summed E-state index contributed by atoms with van der Waals surface area (Å²) < 4.78 is 10.9. The van der Waals surface area contributed by atoms with Crippen LogP contribution in [0.15, 0.2) is 24.3 Å². The van der Waals surface area contributed by atoms with E-state index in [4.69, 9.17) is 20.9 Å². The number of hydrogen-bond donors (Lipinski definition) is 2. The lowest BCUT2D eigenvalue weighted by Gasteiger charge is -2.25. The molecular weight excluding hydrogens is 363 g/mol. The molecule has 0 aliphatic rings. The van der Waals surface area contributed by atoms with Crippen LogP contribution < -0.4 is 11.5 Å². The summed E-state index contributed by atoms with van der Waals surface area (Å²) in [5.74, 6) is 0. The second-order valence-corrected chi connectivity index (χ2v) is 4.92. The molecule has 0 aromatic heterocycles. The zero-order valence-electron chi connectivity index (χ0n) is 10.3. The minimum Gasteiger partial charge on any atom is -0.442 e. The zero-order valence-corrected chi connectivity index (χ0v) is 12.5. The Balaban J connectivity index is 3.09. The molecule has 0 fully saturated rings. The van der Waals surface area contributed by atoms with Crippen LogP contribution in [-0.4, -0.2) is 18.3 Å². The summed E-state index contributed by atoms with van der Waals surface area (Å²) in [5.41, 5.74) is 10.8. The van der Waals surface area contributed by atoms with Gasteiger partial charge in [0, 0.05) is 9.13 Å². The highest BCUT2D eigenvalue weighted by Gasteiger charge is 2.29. The van der Waals surface area contributed by atoms with Gasteiger partial charge < -0.3 is 20.9 Å². The van der Waals surface area contributed by atoms with Crippen molar-refractivity contribution in [1.29, 1.82) is 0 Å². The van der Waals surface area contributed by atoms with Gasteiger partial charge in [0.25, 0.3) is 0 Å². The molecule has 2 atom stereocenters. The van der Waals surface area contributed by atoms with Crippen LogP contribution >= 0.6 is 22.6 Å². The summed E-state index contributed by atoms with van der Waals surface area (Å²) >= 11 is 2.10. The molecule has 0 saturated carbocycles. The Labute approximate surface area is 124 Å². The Kier molecular flexibility index (Phi) is 5.87. The van der Waals surface area contributed by atoms with Crippen LogP contribution in [0.3, 0.4) is 0 Å². The molecule has 7 heteroatoms. The highest BCUT2D eigenvalue weighted by atomic mass is 127. The third-order valence-corrected chi connectivity index (χ3v) is 3.44. The number of hydrogen-bond acceptors (Lipinski definition) is 4. The number of carbonyl (C=O) groups is 2. The van der Waals surface area contributed by atoms with Gasteiger partial charge in [0.1, 0.15) is 6.10 Å². The highest BCUT2D eigenvalue weighted by Crippen LogP contribution is 2.29. The molecule has 0 heterocycles. The summed E-state index contributed by atoms with van der Waals surface area (Å²) in [6, 6.07) is 7.28. The van der Waals surface area contributed by atoms with Gasteiger partial charge in [-0.2, -0.15) is 0 Å². The molecule has 1 aromatic rings. The van der Waals surface area contributed by atoms with E-state index in [9.17, 15) is 9.59 Å². The topological polar surface area (TPSA) is 105 Å². The Bertz CT molecular complexity index is 467. The lowest BCUT2D eigenvalue weighted by Crippen LogP contribution is -2.32. The van der Waals surface area contributed by atoms with Gasteiger partial charge in [0.15, 0.2) is 6.10 Å².